The number of aliphatic hydroxyl groups is 1. The van der Waals surface area contributed by atoms with E-state index in [1.807, 2.05) is 12.1 Å². The molecule has 3 aliphatic rings. The molecule has 2 atom stereocenters. The number of nitro benzene ring substituents is 1. The van der Waals surface area contributed by atoms with E-state index in [0.29, 0.717) is 12.1 Å². The maximum absolute atomic E-state index is 10.6. The van der Waals surface area contributed by atoms with Gasteiger partial charge in [-0.1, -0.05) is 0 Å². The van der Waals surface area contributed by atoms with Gasteiger partial charge in [-0.15, -0.1) is 0 Å². The van der Waals surface area contributed by atoms with Crippen molar-refractivity contribution in [3.05, 3.63) is 34.4 Å². The smallest absolute Gasteiger partial charge is 0.269 e. The Kier molecular flexibility index (Phi) is 3.12. The molecule has 0 amide bonds. The molecule has 3 heterocycles. The van der Waals surface area contributed by atoms with Crippen LogP contribution in [0.2, 0.25) is 0 Å². The molecule has 0 aliphatic carbocycles. The van der Waals surface area contributed by atoms with E-state index in [1.165, 1.54) is 6.42 Å². The number of aliphatic hydroxyl groups excluding tert-OH is 1. The zero-order valence-corrected chi connectivity index (χ0v) is 10.6. The number of benzene rings is 1. The van der Waals surface area contributed by atoms with Gasteiger partial charge in [-0.2, -0.15) is 0 Å². The van der Waals surface area contributed by atoms with Crippen molar-refractivity contribution in [3.63, 3.8) is 0 Å². The summed E-state index contributed by atoms with van der Waals surface area (Å²) in [5.41, 5.74) is 1.18. The summed E-state index contributed by atoms with van der Waals surface area (Å²) in [6, 6.07) is 7.78. The van der Waals surface area contributed by atoms with Gasteiger partial charge in [0.1, 0.15) is 0 Å². The Morgan fingerprint density at radius 3 is 2.42 bits per heavy atom. The maximum atomic E-state index is 10.6. The Morgan fingerprint density at radius 1 is 1.26 bits per heavy atom. The molecule has 0 spiro atoms. The van der Waals surface area contributed by atoms with Crippen LogP contribution in [-0.4, -0.2) is 53.3 Å². The lowest BCUT2D eigenvalue weighted by molar-refractivity contribution is -0.384. The Labute approximate surface area is 111 Å². The number of fused-ring (bicyclic) bond motifs is 2. The molecule has 102 valence electrons. The lowest BCUT2D eigenvalue weighted by Crippen LogP contribution is -2.69. The van der Waals surface area contributed by atoms with Crippen molar-refractivity contribution in [2.24, 2.45) is 0 Å². The number of hydrogen-bond acceptors (Lipinski definition) is 5. The first-order valence-corrected chi connectivity index (χ1v) is 6.55. The van der Waals surface area contributed by atoms with E-state index < -0.39 is 0 Å². The number of anilines is 1. The first-order valence-electron chi connectivity index (χ1n) is 6.55. The molecule has 0 saturated carbocycles. The third-order valence-corrected chi connectivity index (χ3v) is 4.13. The molecule has 1 aromatic carbocycles. The number of piperidine rings is 1. The molecular formula is C13H17N3O3. The zero-order valence-electron chi connectivity index (χ0n) is 10.6. The highest BCUT2D eigenvalue weighted by molar-refractivity contribution is 5.52. The molecule has 3 aliphatic heterocycles. The fraction of sp³-hybridized carbons (Fsp3) is 0.538. The Hall–Kier alpha value is -1.66. The van der Waals surface area contributed by atoms with Crippen molar-refractivity contribution in [2.75, 3.05) is 31.1 Å². The summed E-state index contributed by atoms with van der Waals surface area (Å²) in [6.45, 7) is 2.84. The van der Waals surface area contributed by atoms with Gasteiger partial charge in [-0.3, -0.25) is 15.0 Å². The first-order chi connectivity index (χ1) is 9.19. The highest BCUT2D eigenvalue weighted by atomic mass is 16.6. The van der Waals surface area contributed by atoms with Gasteiger partial charge in [0.2, 0.25) is 0 Å². The number of rotatable bonds is 4. The summed E-state index contributed by atoms with van der Waals surface area (Å²) in [6.07, 6.45) is 1.20. The van der Waals surface area contributed by atoms with Crippen LogP contribution >= 0.6 is 0 Å². The summed E-state index contributed by atoms with van der Waals surface area (Å²) >= 11 is 0. The van der Waals surface area contributed by atoms with Crippen LogP contribution in [0, 0.1) is 10.1 Å². The first kappa shape index (κ1) is 12.4. The molecule has 0 aromatic heterocycles. The van der Waals surface area contributed by atoms with Crippen LogP contribution in [0.3, 0.4) is 0 Å². The number of non-ortho nitro benzene ring substituents is 1. The molecule has 0 radical (unpaired) electrons. The Bertz CT molecular complexity index is 465. The summed E-state index contributed by atoms with van der Waals surface area (Å²) in [7, 11) is 0. The summed E-state index contributed by atoms with van der Waals surface area (Å²) < 4.78 is 0. The third kappa shape index (κ3) is 2.17. The number of nitrogens with zero attached hydrogens (tertiary/aromatic N) is 3. The maximum Gasteiger partial charge on any atom is 0.269 e. The summed E-state index contributed by atoms with van der Waals surface area (Å²) in [5.74, 6) is 0. The Morgan fingerprint density at radius 2 is 1.89 bits per heavy atom. The van der Waals surface area contributed by atoms with Crippen LogP contribution in [0.5, 0.6) is 0 Å². The van der Waals surface area contributed by atoms with Crippen molar-refractivity contribution in [1.82, 2.24) is 4.90 Å². The van der Waals surface area contributed by atoms with Crippen LogP contribution in [-0.2, 0) is 0 Å². The fourth-order valence-corrected chi connectivity index (χ4v) is 3.16. The van der Waals surface area contributed by atoms with Gasteiger partial charge in [-0.05, 0) is 18.6 Å². The monoisotopic (exact) mass is 263 g/mol. The zero-order chi connectivity index (χ0) is 13.4. The second kappa shape index (κ2) is 4.79. The SMILES string of the molecule is O=[N+]([O-])c1ccc(N2CC3CC(C2)N3CCO)cc1. The number of nitro groups is 1. The van der Waals surface area contributed by atoms with Crippen LogP contribution in [0.15, 0.2) is 24.3 Å². The van der Waals surface area contributed by atoms with Gasteiger partial charge in [0.15, 0.2) is 0 Å². The molecule has 2 unspecified atom stereocenters. The highest BCUT2D eigenvalue weighted by Gasteiger charge is 2.43. The van der Waals surface area contributed by atoms with Crippen molar-refractivity contribution in [2.45, 2.75) is 18.5 Å². The van der Waals surface area contributed by atoms with Crippen molar-refractivity contribution < 1.29 is 10.0 Å². The van der Waals surface area contributed by atoms with Gasteiger partial charge >= 0.3 is 0 Å². The quantitative estimate of drug-likeness (QED) is 0.644. The van der Waals surface area contributed by atoms with Crippen LogP contribution in [0.25, 0.3) is 0 Å². The van der Waals surface area contributed by atoms with Crippen molar-refractivity contribution >= 4 is 11.4 Å². The molecule has 1 N–H and O–H groups in total. The van der Waals surface area contributed by atoms with Gasteiger partial charge in [0, 0.05) is 49.5 Å². The van der Waals surface area contributed by atoms with Gasteiger partial charge in [-0.25, -0.2) is 0 Å². The summed E-state index contributed by atoms with van der Waals surface area (Å²) in [5, 5.41) is 19.6. The largest absolute Gasteiger partial charge is 0.395 e. The van der Waals surface area contributed by atoms with E-state index in [-0.39, 0.29) is 17.2 Å². The minimum atomic E-state index is -0.375. The topological polar surface area (TPSA) is 69.9 Å². The normalized spacial score (nSPS) is 26.1. The standard InChI is InChI=1S/C13H17N3O3/c17-6-5-15-12-7-13(15)9-14(8-12)10-1-3-11(4-2-10)16(18)19/h1-4,12-13,17H,5-9H2. The predicted molar refractivity (Wildman–Crippen MR) is 71.3 cm³/mol. The third-order valence-electron chi connectivity index (χ3n) is 4.13. The second-order valence-corrected chi connectivity index (χ2v) is 5.18. The second-order valence-electron chi connectivity index (χ2n) is 5.18. The highest BCUT2D eigenvalue weighted by Crippen LogP contribution is 2.34. The minimum absolute atomic E-state index is 0.132. The van der Waals surface area contributed by atoms with E-state index in [4.69, 9.17) is 5.11 Å². The molecule has 1 aromatic rings. The molecule has 3 fully saturated rings. The van der Waals surface area contributed by atoms with Gasteiger partial charge in [0.05, 0.1) is 11.5 Å². The molecule has 2 bridgehead atoms. The van der Waals surface area contributed by atoms with E-state index in [9.17, 15) is 10.1 Å². The summed E-state index contributed by atoms with van der Waals surface area (Å²) in [4.78, 5) is 14.9. The number of piperazine rings is 1. The molecule has 19 heavy (non-hydrogen) atoms. The molecule has 6 heteroatoms. The van der Waals surface area contributed by atoms with Crippen LogP contribution in [0.4, 0.5) is 11.4 Å². The van der Waals surface area contributed by atoms with E-state index in [1.54, 1.807) is 12.1 Å². The molecule has 3 saturated heterocycles. The fourth-order valence-electron chi connectivity index (χ4n) is 3.16. The van der Waals surface area contributed by atoms with Crippen molar-refractivity contribution in [1.29, 1.82) is 0 Å². The Balaban J connectivity index is 1.67. The van der Waals surface area contributed by atoms with Gasteiger partial charge in [0.25, 0.3) is 5.69 Å². The predicted octanol–water partition coefficient (Wildman–Crippen LogP) is 0.850. The van der Waals surface area contributed by atoms with Crippen molar-refractivity contribution in [3.8, 4) is 0 Å². The molecule has 4 rings (SSSR count). The lowest BCUT2D eigenvalue weighted by Gasteiger charge is -2.57. The number of hydrogen-bond donors (Lipinski definition) is 1. The average Bonchev–Trinajstić information content (AvgIpc) is 2.45. The van der Waals surface area contributed by atoms with Crippen LogP contribution < -0.4 is 4.90 Å². The average molecular weight is 263 g/mol. The van der Waals surface area contributed by atoms with Gasteiger partial charge < -0.3 is 10.0 Å². The van der Waals surface area contributed by atoms with Crippen LogP contribution in [0.1, 0.15) is 6.42 Å². The minimum Gasteiger partial charge on any atom is -0.395 e. The molecule has 6 nitrogen and oxygen atoms in total. The van der Waals surface area contributed by atoms with E-state index in [2.05, 4.69) is 9.80 Å². The lowest BCUT2D eigenvalue weighted by atomic mass is 9.87. The van der Waals surface area contributed by atoms with E-state index in [0.717, 1.165) is 25.3 Å². The van der Waals surface area contributed by atoms with E-state index >= 15 is 0 Å². The molecular weight excluding hydrogens is 246 g/mol.